The van der Waals surface area contributed by atoms with Crippen molar-refractivity contribution in [2.24, 2.45) is 0 Å². The van der Waals surface area contributed by atoms with E-state index in [9.17, 15) is 0 Å². The van der Waals surface area contributed by atoms with Crippen LogP contribution in [0.25, 0.3) is 105 Å². The third-order valence-electron chi connectivity index (χ3n) is 10.5. The fraction of sp³-hybridized carbons (Fsp3) is 0. The van der Waals surface area contributed by atoms with Crippen molar-refractivity contribution in [3.8, 4) is 61.8 Å². The highest BCUT2D eigenvalue weighted by Crippen LogP contribution is 2.50. The number of hydrogen-bond donors (Lipinski definition) is 0. The van der Waals surface area contributed by atoms with Crippen molar-refractivity contribution in [1.29, 1.82) is 0 Å². The molecule has 0 amide bonds. The lowest BCUT2D eigenvalue weighted by Crippen LogP contribution is -2.02. The summed E-state index contributed by atoms with van der Waals surface area (Å²) in [4.78, 5) is 10.7. The van der Waals surface area contributed by atoms with Crippen LogP contribution in [0.15, 0.2) is 176 Å². The van der Waals surface area contributed by atoms with E-state index in [1.54, 1.807) is 0 Å². The minimum absolute atomic E-state index is 0.695. The minimum atomic E-state index is 0.695. The van der Waals surface area contributed by atoms with Crippen LogP contribution < -0.4 is 0 Å². The molecule has 2 heterocycles. The van der Waals surface area contributed by atoms with Crippen molar-refractivity contribution in [2.45, 2.75) is 0 Å². The maximum absolute atomic E-state index is 5.33. The van der Waals surface area contributed by atoms with Gasteiger partial charge in [-0.1, -0.05) is 146 Å². The van der Waals surface area contributed by atoms with E-state index in [2.05, 4.69) is 168 Å². The van der Waals surface area contributed by atoms with E-state index in [1.807, 2.05) is 12.1 Å². The van der Waals surface area contributed by atoms with Gasteiger partial charge in [-0.3, -0.25) is 0 Å². The summed E-state index contributed by atoms with van der Waals surface area (Å²) in [6.45, 7) is 0. The smallest absolute Gasteiger partial charge is 0.162 e. The van der Waals surface area contributed by atoms with Gasteiger partial charge >= 0.3 is 0 Å². The first-order chi connectivity index (χ1) is 25.3. The summed E-state index contributed by atoms with van der Waals surface area (Å²) in [6.07, 6.45) is 0. The van der Waals surface area contributed by atoms with Gasteiger partial charge in [0.25, 0.3) is 0 Å². The lowest BCUT2D eigenvalue weighted by Gasteiger charge is -2.17. The zero-order chi connectivity index (χ0) is 33.5. The molecule has 0 spiro atoms. The monoisotopic (exact) mass is 647 g/mol. The predicted octanol–water partition coefficient (Wildman–Crippen LogP) is 12.5. The SMILES string of the molecule is c1ccc(-c2cc(-c3ccccc3)nc(-c3cc4ccccc4cc3-n3c4cccc5c4c4c6c(cccc6ccc43)-c3ccccc3-5)n2)cc1. The summed E-state index contributed by atoms with van der Waals surface area (Å²) in [5.74, 6) is 0.695. The van der Waals surface area contributed by atoms with E-state index < -0.39 is 0 Å². The average Bonchev–Trinajstić information content (AvgIpc) is 3.49. The third-order valence-corrected chi connectivity index (χ3v) is 10.5. The first-order valence-electron chi connectivity index (χ1n) is 17.4. The Morgan fingerprint density at radius 2 is 0.863 bits per heavy atom. The number of fused-ring (bicyclic) bond motifs is 4. The summed E-state index contributed by atoms with van der Waals surface area (Å²) in [5.41, 5.74) is 13.3. The van der Waals surface area contributed by atoms with Gasteiger partial charge in [-0.05, 0) is 74.1 Å². The second kappa shape index (κ2) is 10.8. The number of benzene rings is 8. The highest BCUT2D eigenvalue weighted by molar-refractivity contribution is 6.30. The maximum Gasteiger partial charge on any atom is 0.162 e. The Kier molecular flexibility index (Phi) is 5.96. The molecule has 236 valence electrons. The van der Waals surface area contributed by atoms with E-state index in [-0.39, 0.29) is 0 Å². The van der Waals surface area contributed by atoms with E-state index in [0.717, 1.165) is 39.2 Å². The first-order valence-corrected chi connectivity index (χ1v) is 17.4. The van der Waals surface area contributed by atoms with Gasteiger partial charge in [0.2, 0.25) is 0 Å². The van der Waals surface area contributed by atoms with E-state index >= 15 is 0 Å². The van der Waals surface area contributed by atoms with E-state index in [4.69, 9.17) is 9.97 Å². The molecule has 2 aromatic heterocycles. The second-order valence-corrected chi connectivity index (χ2v) is 13.4. The summed E-state index contributed by atoms with van der Waals surface area (Å²) < 4.78 is 2.46. The number of hydrogen-bond acceptors (Lipinski definition) is 2. The minimum Gasteiger partial charge on any atom is -0.308 e. The molecule has 0 aliphatic heterocycles. The molecule has 0 radical (unpaired) electrons. The van der Waals surface area contributed by atoms with Crippen LogP contribution in [0.5, 0.6) is 0 Å². The fourth-order valence-corrected chi connectivity index (χ4v) is 8.26. The molecule has 0 unspecified atom stereocenters. The molecule has 3 nitrogen and oxygen atoms in total. The Bertz CT molecular complexity index is 2950. The molecule has 1 aliphatic carbocycles. The number of rotatable bonds is 4. The van der Waals surface area contributed by atoms with E-state index in [1.165, 1.54) is 60.2 Å². The Morgan fingerprint density at radius 3 is 1.55 bits per heavy atom. The van der Waals surface area contributed by atoms with Gasteiger partial charge in [0, 0.05) is 27.5 Å². The predicted molar refractivity (Wildman–Crippen MR) is 212 cm³/mol. The molecule has 0 saturated carbocycles. The van der Waals surface area contributed by atoms with Crippen molar-refractivity contribution >= 4 is 43.4 Å². The Labute approximate surface area is 294 Å². The molecule has 0 N–H and O–H groups in total. The molecule has 51 heavy (non-hydrogen) atoms. The molecule has 8 aromatic carbocycles. The van der Waals surface area contributed by atoms with Crippen LogP contribution in [-0.2, 0) is 0 Å². The number of aromatic nitrogens is 3. The molecule has 0 bridgehead atoms. The van der Waals surface area contributed by atoms with Gasteiger partial charge in [0.05, 0.1) is 28.1 Å². The van der Waals surface area contributed by atoms with Gasteiger partial charge in [0.15, 0.2) is 5.82 Å². The lowest BCUT2D eigenvalue weighted by atomic mass is 9.93. The molecular formula is C48H29N3. The van der Waals surface area contributed by atoms with Crippen molar-refractivity contribution in [2.75, 3.05) is 0 Å². The van der Waals surface area contributed by atoms with Crippen molar-refractivity contribution in [3.63, 3.8) is 0 Å². The summed E-state index contributed by atoms with van der Waals surface area (Å²) >= 11 is 0. The maximum atomic E-state index is 5.33. The molecular weight excluding hydrogens is 619 g/mol. The highest BCUT2D eigenvalue weighted by Gasteiger charge is 2.26. The van der Waals surface area contributed by atoms with Crippen molar-refractivity contribution in [3.05, 3.63) is 176 Å². The molecule has 0 saturated heterocycles. The average molecular weight is 648 g/mol. The van der Waals surface area contributed by atoms with Crippen LogP contribution in [0.3, 0.4) is 0 Å². The second-order valence-electron chi connectivity index (χ2n) is 13.4. The summed E-state index contributed by atoms with van der Waals surface area (Å²) in [6, 6.07) is 63.1. The summed E-state index contributed by atoms with van der Waals surface area (Å²) in [7, 11) is 0. The van der Waals surface area contributed by atoms with Crippen LogP contribution in [0.4, 0.5) is 0 Å². The van der Waals surface area contributed by atoms with Crippen LogP contribution in [0, 0.1) is 0 Å². The van der Waals surface area contributed by atoms with Crippen LogP contribution in [-0.4, -0.2) is 14.5 Å². The Morgan fingerprint density at radius 1 is 0.333 bits per heavy atom. The molecule has 3 heteroatoms. The standard InChI is InChI=1S/C48H29N3/c1-3-13-30(14-4-1)40-29-41(31-15-5-2-6-16-31)50-48(49-40)39-27-33-17-7-8-18-34(33)28-44(39)51-42-24-12-23-38-36-21-10-9-20-35(36)37-22-11-19-32-25-26-43(51)47(45(32)37)46(38)42/h1-29H. The van der Waals surface area contributed by atoms with Crippen molar-refractivity contribution < 1.29 is 0 Å². The van der Waals surface area contributed by atoms with Gasteiger partial charge < -0.3 is 4.57 Å². The van der Waals surface area contributed by atoms with Gasteiger partial charge in [0.1, 0.15) is 0 Å². The fourth-order valence-electron chi connectivity index (χ4n) is 8.26. The van der Waals surface area contributed by atoms with Gasteiger partial charge in [-0.15, -0.1) is 0 Å². The van der Waals surface area contributed by atoms with Crippen LogP contribution in [0.1, 0.15) is 0 Å². The normalized spacial score (nSPS) is 11.9. The Hall–Kier alpha value is -6.84. The quantitative estimate of drug-likeness (QED) is 0.190. The molecule has 0 fully saturated rings. The topological polar surface area (TPSA) is 30.7 Å². The van der Waals surface area contributed by atoms with Crippen LogP contribution >= 0.6 is 0 Å². The van der Waals surface area contributed by atoms with E-state index in [0.29, 0.717) is 5.82 Å². The zero-order valence-corrected chi connectivity index (χ0v) is 27.6. The highest BCUT2D eigenvalue weighted by atomic mass is 15.0. The zero-order valence-electron chi connectivity index (χ0n) is 27.6. The van der Waals surface area contributed by atoms with Gasteiger partial charge in [-0.25, -0.2) is 9.97 Å². The van der Waals surface area contributed by atoms with Crippen LogP contribution in [0.2, 0.25) is 0 Å². The number of nitrogens with zero attached hydrogens (tertiary/aromatic N) is 3. The van der Waals surface area contributed by atoms with Crippen molar-refractivity contribution in [1.82, 2.24) is 14.5 Å². The molecule has 1 aliphatic rings. The van der Waals surface area contributed by atoms with Gasteiger partial charge in [-0.2, -0.15) is 0 Å². The summed E-state index contributed by atoms with van der Waals surface area (Å²) in [5, 5.41) is 7.42. The molecule has 11 rings (SSSR count). The molecule has 10 aromatic rings. The Balaban J connectivity index is 1.29. The molecule has 0 atom stereocenters. The largest absolute Gasteiger partial charge is 0.308 e. The first kappa shape index (κ1) is 28.0. The lowest BCUT2D eigenvalue weighted by molar-refractivity contribution is 1.14. The third kappa shape index (κ3) is 4.19.